The molecule has 0 radical (unpaired) electrons. The van der Waals surface area contributed by atoms with Crippen LogP contribution in [-0.4, -0.2) is 26.4 Å². The second-order valence-corrected chi connectivity index (χ2v) is 6.29. The first-order valence-corrected chi connectivity index (χ1v) is 8.48. The van der Waals surface area contributed by atoms with Gasteiger partial charge in [0.15, 0.2) is 0 Å². The zero-order chi connectivity index (χ0) is 17.9. The zero-order valence-electron chi connectivity index (χ0n) is 13.3. The number of hydrogen-bond acceptors (Lipinski definition) is 5. The van der Waals surface area contributed by atoms with Crippen molar-refractivity contribution in [1.82, 2.24) is 20.2 Å². The van der Waals surface area contributed by atoms with E-state index in [2.05, 4.69) is 26.1 Å². The van der Waals surface area contributed by atoms with E-state index in [1.807, 2.05) is 42.5 Å². The highest BCUT2D eigenvalue weighted by molar-refractivity contribution is 6.36. The summed E-state index contributed by atoms with van der Waals surface area (Å²) in [6, 6.07) is 19.2. The van der Waals surface area contributed by atoms with E-state index in [0.29, 0.717) is 16.0 Å². The highest BCUT2D eigenvalue weighted by atomic mass is 35.5. The smallest absolute Gasteiger partial charge is 0.244 e. The maximum absolute atomic E-state index is 6.13. The fourth-order valence-corrected chi connectivity index (χ4v) is 3.04. The number of halogens is 2. The Morgan fingerprint density at radius 2 is 1.85 bits per heavy atom. The van der Waals surface area contributed by atoms with Gasteiger partial charge < -0.3 is 0 Å². The molecule has 4 aromatic rings. The molecule has 0 bridgehead atoms. The van der Waals surface area contributed by atoms with Crippen LogP contribution in [0.3, 0.4) is 0 Å². The first-order valence-electron chi connectivity index (χ1n) is 7.73. The highest BCUT2D eigenvalue weighted by Crippen LogP contribution is 2.23. The molecule has 1 N–H and O–H groups in total. The van der Waals surface area contributed by atoms with E-state index < -0.39 is 0 Å². The van der Waals surface area contributed by atoms with Crippen LogP contribution in [0.5, 0.6) is 0 Å². The quantitative estimate of drug-likeness (QED) is 0.414. The van der Waals surface area contributed by atoms with Gasteiger partial charge in [0.2, 0.25) is 0 Å². The highest BCUT2D eigenvalue weighted by Gasteiger charge is 2.10. The monoisotopic (exact) mass is 382 g/mol. The predicted molar refractivity (Wildman–Crippen MR) is 104 cm³/mol. The van der Waals surface area contributed by atoms with Crippen LogP contribution < -0.4 is 5.43 Å². The minimum absolute atomic E-state index is 0.391. The summed E-state index contributed by atoms with van der Waals surface area (Å²) in [5, 5.41) is 19.2. The molecule has 0 aliphatic heterocycles. The first kappa shape index (κ1) is 16.5. The molecule has 26 heavy (non-hydrogen) atoms. The van der Waals surface area contributed by atoms with Crippen LogP contribution in [0.4, 0.5) is 5.95 Å². The molecule has 4 rings (SSSR count). The predicted octanol–water partition coefficient (Wildman–Crippen LogP) is 4.57. The summed E-state index contributed by atoms with van der Waals surface area (Å²) in [4.78, 5) is 0. The Kier molecular flexibility index (Phi) is 4.51. The minimum atomic E-state index is 0.391. The molecule has 0 aliphatic carbocycles. The van der Waals surface area contributed by atoms with Crippen LogP contribution in [-0.2, 0) is 0 Å². The van der Waals surface area contributed by atoms with Crippen LogP contribution >= 0.6 is 23.2 Å². The van der Waals surface area contributed by atoms with E-state index in [1.54, 1.807) is 29.1 Å². The van der Waals surface area contributed by atoms with Crippen LogP contribution in [0.15, 0.2) is 65.8 Å². The fourth-order valence-electron chi connectivity index (χ4n) is 2.58. The maximum Gasteiger partial charge on any atom is 0.268 e. The number of fused-ring (bicyclic) bond motifs is 1. The van der Waals surface area contributed by atoms with Crippen LogP contribution in [0, 0.1) is 0 Å². The third-order valence-electron chi connectivity index (χ3n) is 3.79. The van der Waals surface area contributed by atoms with E-state index in [4.69, 9.17) is 23.2 Å². The number of benzene rings is 3. The lowest BCUT2D eigenvalue weighted by molar-refractivity contribution is 0.794. The van der Waals surface area contributed by atoms with E-state index in [1.165, 1.54) is 0 Å². The SMILES string of the molecule is Clc1ccc(/C=N\Nc2nnnn2-c2cccc3ccccc23)c(Cl)c1. The van der Waals surface area contributed by atoms with E-state index in [9.17, 15) is 0 Å². The van der Waals surface area contributed by atoms with Gasteiger partial charge in [-0.1, -0.05) is 70.8 Å². The average Bonchev–Trinajstić information content (AvgIpc) is 3.11. The van der Waals surface area contributed by atoms with Crippen LogP contribution in [0.1, 0.15) is 5.56 Å². The third-order valence-corrected chi connectivity index (χ3v) is 4.36. The lowest BCUT2D eigenvalue weighted by Crippen LogP contribution is -2.04. The molecular formula is C18H12Cl2N6. The lowest BCUT2D eigenvalue weighted by atomic mass is 10.1. The van der Waals surface area contributed by atoms with Crippen LogP contribution in [0.25, 0.3) is 16.5 Å². The second-order valence-electron chi connectivity index (χ2n) is 5.45. The van der Waals surface area contributed by atoms with Gasteiger partial charge in [0.1, 0.15) is 0 Å². The van der Waals surface area contributed by atoms with Gasteiger partial charge in [-0.3, -0.25) is 0 Å². The van der Waals surface area contributed by atoms with Gasteiger partial charge in [-0.15, -0.1) is 0 Å². The number of nitrogens with one attached hydrogen (secondary N) is 1. The minimum Gasteiger partial charge on any atom is -0.244 e. The van der Waals surface area contributed by atoms with Crippen molar-refractivity contribution in [3.05, 3.63) is 76.3 Å². The normalized spacial score (nSPS) is 11.3. The van der Waals surface area contributed by atoms with Gasteiger partial charge in [-0.2, -0.15) is 9.78 Å². The summed E-state index contributed by atoms with van der Waals surface area (Å²) in [6.07, 6.45) is 1.58. The molecule has 8 heteroatoms. The third kappa shape index (κ3) is 3.24. The number of nitrogens with zero attached hydrogens (tertiary/aromatic N) is 5. The number of hydrogen-bond donors (Lipinski definition) is 1. The summed E-state index contributed by atoms with van der Waals surface area (Å²) in [5.41, 5.74) is 4.44. The lowest BCUT2D eigenvalue weighted by Gasteiger charge is -2.07. The number of aromatic nitrogens is 4. The Morgan fingerprint density at radius 1 is 1.00 bits per heavy atom. The molecule has 1 heterocycles. The van der Waals surface area contributed by atoms with Gasteiger partial charge >= 0.3 is 0 Å². The number of rotatable bonds is 4. The fraction of sp³-hybridized carbons (Fsp3) is 0. The Bertz CT molecular complexity index is 1100. The van der Waals surface area contributed by atoms with Crippen molar-refractivity contribution in [2.45, 2.75) is 0 Å². The van der Waals surface area contributed by atoms with Crippen molar-refractivity contribution in [1.29, 1.82) is 0 Å². The average molecular weight is 383 g/mol. The number of tetrazole rings is 1. The van der Waals surface area contributed by atoms with Gasteiger partial charge in [0.05, 0.1) is 16.9 Å². The van der Waals surface area contributed by atoms with Gasteiger partial charge in [-0.25, -0.2) is 5.43 Å². The Morgan fingerprint density at radius 3 is 2.73 bits per heavy atom. The molecular weight excluding hydrogens is 371 g/mol. The number of anilines is 1. The van der Waals surface area contributed by atoms with Crippen molar-refractivity contribution >= 4 is 46.1 Å². The molecule has 0 amide bonds. The van der Waals surface area contributed by atoms with Crippen molar-refractivity contribution in [2.24, 2.45) is 5.10 Å². The van der Waals surface area contributed by atoms with Gasteiger partial charge in [0, 0.05) is 16.0 Å². The van der Waals surface area contributed by atoms with Crippen molar-refractivity contribution < 1.29 is 0 Å². The molecule has 3 aromatic carbocycles. The Labute approximate surface area is 159 Å². The van der Waals surface area contributed by atoms with Crippen molar-refractivity contribution in [3.63, 3.8) is 0 Å². The van der Waals surface area contributed by atoms with Gasteiger partial charge in [0.25, 0.3) is 5.95 Å². The summed E-state index contributed by atoms with van der Waals surface area (Å²) in [7, 11) is 0. The summed E-state index contributed by atoms with van der Waals surface area (Å²) in [5.74, 6) is 0.391. The van der Waals surface area contributed by atoms with Crippen LogP contribution in [0.2, 0.25) is 10.0 Å². The molecule has 0 saturated heterocycles. The van der Waals surface area contributed by atoms with Gasteiger partial charge in [-0.05, 0) is 34.0 Å². The second kappa shape index (κ2) is 7.11. The molecule has 0 atom stereocenters. The Hall–Kier alpha value is -2.96. The summed E-state index contributed by atoms with van der Waals surface area (Å²) >= 11 is 12.0. The molecule has 0 fully saturated rings. The van der Waals surface area contributed by atoms with E-state index in [-0.39, 0.29) is 0 Å². The summed E-state index contributed by atoms with van der Waals surface area (Å²) < 4.78 is 1.60. The molecule has 0 saturated carbocycles. The van der Waals surface area contributed by atoms with Crippen molar-refractivity contribution in [3.8, 4) is 5.69 Å². The molecule has 0 unspecified atom stereocenters. The molecule has 0 spiro atoms. The molecule has 0 aliphatic rings. The molecule has 128 valence electrons. The number of hydrazone groups is 1. The molecule has 6 nitrogen and oxygen atoms in total. The van der Waals surface area contributed by atoms with Crippen molar-refractivity contribution in [2.75, 3.05) is 5.43 Å². The standard InChI is InChI=1S/C18H12Cl2N6/c19-14-9-8-13(16(20)10-14)11-21-22-18-23-24-25-26(18)17-7-3-5-12-4-1-2-6-15(12)17/h1-11H,(H,22,23,25)/b21-11-. The summed E-state index contributed by atoms with van der Waals surface area (Å²) in [6.45, 7) is 0. The zero-order valence-corrected chi connectivity index (χ0v) is 14.9. The Balaban J connectivity index is 1.64. The van der Waals surface area contributed by atoms with E-state index in [0.717, 1.165) is 22.0 Å². The topological polar surface area (TPSA) is 68.0 Å². The van der Waals surface area contributed by atoms with E-state index >= 15 is 0 Å². The maximum atomic E-state index is 6.13. The first-order chi connectivity index (χ1) is 12.7. The molecule has 1 aromatic heterocycles. The largest absolute Gasteiger partial charge is 0.268 e.